The summed E-state index contributed by atoms with van der Waals surface area (Å²) in [6.07, 6.45) is 4.34. The average Bonchev–Trinajstić information content (AvgIpc) is 2.36. The molecule has 0 radical (unpaired) electrons. The van der Waals surface area contributed by atoms with Gasteiger partial charge in [0, 0.05) is 0 Å². The van der Waals surface area contributed by atoms with E-state index in [1.807, 2.05) is 7.98 Å². The molecule has 1 amide bonds. The zero-order valence-electron chi connectivity index (χ0n) is 8.38. The van der Waals surface area contributed by atoms with Crippen molar-refractivity contribution in [2.24, 2.45) is 5.92 Å². The molecule has 1 saturated carbocycles. The van der Waals surface area contributed by atoms with Crippen LogP contribution in [-0.2, 0) is 4.74 Å². The summed E-state index contributed by atoms with van der Waals surface area (Å²) in [5.74, 6) is 0.801. The van der Waals surface area contributed by atoms with E-state index < -0.39 is 0 Å². The lowest BCUT2D eigenvalue weighted by Gasteiger charge is -2.33. The molecule has 1 heterocycles. The summed E-state index contributed by atoms with van der Waals surface area (Å²) in [7, 11) is 1.81. The van der Waals surface area contributed by atoms with Crippen LogP contribution >= 0.6 is 0 Å². The molecular weight excluding hydrogens is 165 g/mol. The lowest BCUT2D eigenvalue weighted by Crippen LogP contribution is -2.37. The van der Waals surface area contributed by atoms with Gasteiger partial charge in [0.25, 0.3) is 0 Å². The number of nitrogens with zero attached hydrogens (tertiary/aromatic N) is 1. The third-order valence-corrected chi connectivity index (χ3v) is 3.33. The first-order valence-corrected chi connectivity index (χ1v) is 5.05. The summed E-state index contributed by atoms with van der Waals surface area (Å²) in [4.78, 5) is 12.9. The number of hydrogen-bond donors (Lipinski definition) is 0. The highest BCUT2D eigenvalue weighted by Gasteiger charge is 2.44. The van der Waals surface area contributed by atoms with Gasteiger partial charge in [-0.2, -0.15) is 0 Å². The number of rotatable bonds is 0. The predicted octanol–water partition coefficient (Wildman–Crippen LogP) is 0.936. The van der Waals surface area contributed by atoms with Gasteiger partial charge >= 0.3 is 6.09 Å². The van der Waals surface area contributed by atoms with E-state index in [0.29, 0.717) is 0 Å². The van der Waals surface area contributed by atoms with Gasteiger partial charge in [-0.05, 0) is 31.6 Å². The molecule has 2 fully saturated rings. The molecule has 13 heavy (non-hydrogen) atoms. The van der Waals surface area contributed by atoms with Crippen LogP contribution in [0.1, 0.15) is 32.6 Å². The summed E-state index contributed by atoms with van der Waals surface area (Å²) in [6.45, 7) is 3.06. The smallest absolute Gasteiger partial charge is 0.397 e. The average molecular weight is 181 g/mol. The van der Waals surface area contributed by atoms with Crippen molar-refractivity contribution >= 4 is 14.1 Å². The van der Waals surface area contributed by atoms with E-state index >= 15 is 0 Å². The number of ether oxygens (including phenoxy) is 1. The molecule has 4 heteroatoms. The summed E-state index contributed by atoms with van der Waals surface area (Å²) < 4.78 is 5.44. The molecule has 2 aliphatic rings. The Balaban J connectivity index is 2.03. The molecule has 1 aliphatic carbocycles. The molecule has 72 valence electrons. The van der Waals surface area contributed by atoms with E-state index in [1.54, 1.807) is 4.81 Å². The van der Waals surface area contributed by atoms with Crippen molar-refractivity contribution in [2.45, 2.75) is 38.2 Å². The Morgan fingerprint density at radius 2 is 2.15 bits per heavy atom. The van der Waals surface area contributed by atoms with Crippen molar-refractivity contribution in [3.63, 3.8) is 0 Å². The van der Waals surface area contributed by atoms with Crippen molar-refractivity contribution in [3.05, 3.63) is 0 Å². The third-order valence-electron chi connectivity index (χ3n) is 3.33. The lowest BCUT2D eigenvalue weighted by molar-refractivity contribution is 0.0154. The molecule has 0 bridgehead atoms. The number of carbonyl (C=O) groups is 1. The Morgan fingerprint density at radius 3 is 2.62 bits per heavy atom. The van der Waals surface area contributed by atoms with Crippen LogP contribution in [0.5, 0.6) is 0 Å². The monoisotopic (exact) mass is 181 g/mol. The first-order valence-electron chi connectivity index (χ1n) is 5.05. The van der Waals surface area contributed by atoms with E-state index in [9.17, 15) is 4.79 Å². The molecule has 0 atom stereocenters. The lowest BCUT2D eigenvalue weighted by atomic mass is 9.79. The molecule has 0 aromatic heterocycles. The molecule has 1 saturated heterocycles. The van der Waals surface area contributed by atoms with Crippen LogP contribution in [0, 0.1) is 5.92 Å². The second kappa shape index (κ2) is 2.93. The number of hydrogen-bond acceptors (Lipinski definition) is 2. The first-order chi connectivity index (χ1) is 6.11. The van der Waals surface area contributed by atoms with Gasteiger partial charge < -0.3 is 9.55 Å². The van der Waals surface area contributed by atoms with Crippen molar-refractivity contribution in [1.29, 1.82) is 0 Å². The Kier molecular flexibility index (Phi) is 2.01. The van der Waals surface area contributed by atoms with E-state index in [1.165, 1.54) is 12.8 Å². The van der Waals surface area contributed by atoms with Gasteiger partial charge in [-0.1, -0.05) is 6.92 Å². The van der Waals surface area contributed by atoms with Gasteiger partial charge in [0.2, 0.25) is 7.98 Å². The van der Waals surface area contributed by atoms with Gasteiger partial charge in [0.05, 0.1) is 6.54 Å². The topological polar surface area (TPSA) is 29.5 Å². The highest BCUT2D eigenvalue weighted by atomic mass is 16.6. The van der Waals surface area contributed by atoms with E-state index in [2.05, 4.69) is 6.92 Å². The maximum atomic E-state index is 11.2. The first kappa shape index (κ1) is 8.91. The van der Waals surface area contributed by atoms with E-state index in [0.717, 1.165) is 25.3 Å². The fraction of sp³-hybridized carbons (Fsp3) is 0.889. The van der Waals surface area contributed by atoms with Crippen molar-refractivity contribution in [1.82, 2.24) is 4.81 Å². The zero-order chi connectivity index (χ0) is 9.47. The second-order valence-corrected chi connectivity index (χ2v) is 4.59. The Labute approximate surface area is 79.9 Å². The maximum absolute atomic E-state index is 11.2. The molecule has 0 aromatic carbocycles. The SMILES string of the molecule is BN1CC2(CCC(C)CC2)OC1=O. The molecule has 1 aliphatic heterocycles. The summed E-state index contributed by atoms with van der Waals surface area (Å²) >= 11 is 0. The third kappa shape index (κ3) is 1.54. The van der Waals surface area contributed by atoms with Gasteiger partial charge in [-0.15, -0.1) is 0 Å². The molecule has 3 nitrogen and oxygen atoms in total. The van der Waals surface area contributed by atoms with Crippen LogP contribution in [0.15, 0.2) is 0 Å². The zero-order valence-corrected chi connectivity index (χ0v) is 8.38. The minimum absolute atomic E-state index is 0.127. The standard InChI is InChI=1S/C9H16BNO2/c1-7-2-4-9(5-3-7)6-11(10)8(12)13-9/h7H,2-6,10H2,1H3. The maximum Gasteiger partial charge on any atom is 0.397 e. The Hall–Kier alpha value is -0.665. The van der Waals surface area contributed by atoms with Crippen LogP contribution < -0.4 is 0 Å². The van der Waals surface area contributed by atoms with Crippen molar-refractivity contribution in [3.8, 4) is 0 Å². The quantitative estimate of drug-likeness (QED) is 0.520. The normalized spacial score (nSPS) is 39.6. The summed E-state index contributed by atoms with van der Waals surface area (Å²) in [6, 6.07) is 0. The van der Waals surface area contributed by atoms with Gasteiger partial charge in [0.15, 0.2) is 0 Å². The summed E-state index contributed by atoms with van der Waals surface area (Å²) in [5, 5.41) is 0. The molecule has 1 spiro atoms. The predicted molar refractivity (Wildman–Crippen MR) is 52.1 cm³/mol. The fourth-order valence-electron chi connectivity index (χ4n) is 2.34. The number of amides is 1. The Morgan fingerprint density at radius 1 is 1.54 bits per heavy atom. The van der Waals surface area contributed by atoms with Crippen LogP contribution in [-0.4, -0.2) is 31.0 Å². The second-order valence-electron chi connectivity index (χ2n) is 4.59. The highest BCUT2D eigenvalue weighted by Crippen LogP contribution is 2.38. The fourth-order valence-corrected chi connectivity index (χ4v) is 2.34. The molecule has 0 aromatic rings. The van der Waals surface area contributed by atoms with Gasteiger partial charge in [-0.25, -0.2) is 4.79 Å². The molecule has 0 N–H and O–H groups in total. The minimum Gasteiger partial charge on any atom is -0.442 e. The van der Waals surface area contributed by atoms with Crippen molar-refractivity contribution in [2.75, 3.05) is 6.54 Å². The summed E-state index contributed by atoms with van der Waals surface area (Å²) in [5.41, 5.74) is -0.127. The molecule has 2 rings (SSSR count). The largest absolute Gasteiger partial charge is 0.442 e. The molecular formula is C9H16BNO2. The number of carbonyl (C=O) groups excluding carboxylic acids is 1. The molecule has 0 unspecified atom stereocenters. The highest BCUT2D eigenvalue weighted by molar-refractivity contribution is 6.13. The van der Waals surface area contributed by atoms with Gasteiger partial charge in [-0.3, -0.25) is 0 Å². The van der Waals surface area contributed by atoms with Crippen LogP contribution in [0.2, 0.25) is 0 Å². The van der Waals surface area contributed by atoms with Crippen LogP contribution in [0.4, 0.5) is 4.79 Å². The van der Waals surface area contributed by atoms with E-state index in [-0.39, 0.29) is 11.7 Å². The van der Waals surface area contributed by atoms with Crippen molar-refractivity contribution < 1.29 is 9.53 Å². The van der Waals surface area contributed by atoms with Crippen LogP contribution in [0.3, 0.4) is 0 Å². The minimum atomic E-state index is -0.144. The van der Waals surface area contributed by atoms with Gasteiger partial charge in [0.1, 0.15) is 5.60 Å². The van der Waals surface area contributed by atoms with E-state index in [4.69, 9.17) is 4.74 Å². The Bertz CT molecular complexity index is 224. The van der Waals surface area contributed by atoms with Crippen LogP contribution in [0.25, 0.3) is 0 Å².